The summed E-state index contributed by atoms with van der Waals surface area (Å²) >= 11 is 0. The van der Waals surface area contributed by atoms with E-state index in [1.54, 1.807) is 12.1 Å². The highest BCUT2D eigenvalue weighted by Crippen LogP contribution is 2.32. The number of nitrogens with zero attached hydrogens (tertiary/aromatic N) is 1. The lowest BCUT2D eigenvalue weighted by atomic mass is 10.1. The molecule has 2 amide bonds. The van der Waals surface area contributed by atoms with Gasteiger partial charge in [0.15, 0.2) is 23.9 Å². The third-order valence-corrected chi connectivity index (χ3v) is 4.44. The van der Waals surface area contributed by atoms with Crippen molar-refractivity contribution in [1.29, 1.82) is 0 Å². The number of hydrogen-bond acceptors (Lipinski definition) is 7. The Balaban J connectivity index is 1.38. The lowest BCUT2D eigenvalue weighted by molar-refractivity contribution is -0.121. The van der Waals surface area contributed by atoms with Gasteiger partial charge in [0.2, 0.25) is 18.6 Å². The molecule has 0 aromatic heterocycles. The van der Waals surface area contributed by atoms with Crippen molar-refractivity contribution in [2.24, 2.45) is 0 Å². The summed E-state index contributed by atoms with van der Waals surface area (Å²) in [5.74, 6) is -0.567. The molecule has 2 aliphatic heterocycles. The number of amides is 2. The summed E-state index contributed by atoms with van der Waals surface area (Å²) in [6.07, 6.45) is 0.370. The monoisotopic (exact) mass is 381 g/mol. The second-order valence-corrected chi connectivity index (χ2v) is 6.24. The Labute approximate surface area is 159 Å². The summed E-state index contributed by atoms with van der Waals surface area (Å²) in [6.45, 7) is -0.324. The van der Waals surface area contributed by atoms with Crippen LogP contribution in [-0.4, -0.2) is 37.0 Å². The minimum absolute atomic E-state index is 0.104. The number of hydrogen-bond donors (Lipinski definition) is 0. The summed E-state index contributed by atoms with van der Waals surface area (Å²) in [7, 11) is 0. The Morgan fingerprint density at radius 1 is 0.893 bits per heavy atom. The van der Waals surface area contributed by atoms with Crippen molar-refractivity contribution in [3.05, 3.63) is 53.6 Å². The van der Waals surface area contributed by atoms with Crippen LogP contribution in [0.1, 0.15) is 33.6 Å². The van der Waals surface area contributed by atoms with E-state index in [1.807, 2.05) is 0 Å². The van der Waals surface area contributed by atoms with Gasteiger partial charge >= 0.3 is 5.97 Å². The molecule has 8 nitrogen and oxygen atoms in total. The van der Waals surface area contributed by atoms with E-state index >= 15 is 0 Å². The summed E-state index contributed by atoms with van der Waals surface area (Å²) in [5, 5.41) is 0. The van der Waals surface area contributed by atoms with Crippen molar-refractivity contribution in [2.75, 3.05) is 18.3 Å². The van der Waals surface area contributed by atoms with Crippen molar-refractivity contribution in [2.45, 2.75) is 12.8 Å². The summed E-state index contributed by atoms with van der Waals surface area (Å²) < 4.78 is 15.5. The molecule has 28 heavy (non-hydrogen) atoms. The van der Waals surface area contributed by atoms with Gasteiger partial charge in [-0.15, -0.1) is 0 Å². The van der Waals surface area contributed by atoms with Crippen LogP contribution < -0.4 is 14.4 Å². The van der Waals surface area contributed by atoms with E-state index in [-0.39, 0.29) is 42.8 Å². The van der Waals surface area contributed by atoms with E-state index < -0.39 is 12.6 Å². The van der Waals surface area contributed by atoms with Gasteiger partial charge in [-0.05, 0) is 42.5 Å². The van der Waals surface area contributed by atoms with Crippen LogP contribution in [0.25, 0.3) is 0 Å². The number of fused-ring (bicyclic) bond motifs is 1. The molecule has 2 aromatic carbocycles. The number of ether oxygens (including phenoxy) is 3. The third kappa shape index (κ3) is 3.32. The minimum Gasteiger partial charge on any atom is -0.454 e. The molecule has 0 radical (unpaired) electrons. The molecule has 4 rings (SSSR count). The lowest BCUT2D eigenvalue weighted by Crippen LogP contribution is -2.28. The molecule has 2 aromatic rings. The normalized spacial score (nSPS) is 15.1. The van der Waals surface area contributed by atoms with Crippen LogP contribution >= 0.6 is 0 Å². The average molecular weight is 381 g/mol. The molecule has 0 spiro atoms. The van der Waals surface area contributed by atoms with Crippen LogP contribution in [0.2, 0.25) is 0 Å². The maximum absolute atomic E-state index is 12.2. The van der Waals surface area contributed by atoms with Crippen LogP contribution in [-0.2, 0) is 14.3 Å². The summed E-state index contributed by atoms with van der Waals surface area (Å²) in [4.78, 5) is 49.0. The van der Waals surface area contributed by atoms with Crippen molar-refractivity contribution < 1.29 is 33.4 Å². The van der Waals surface area contributed by atoms with Crippen LogP contribution in [0.4, 0.5) is 5.69 Å². The molecular formula is C20H15NO7. The van der Waals surface area contributed by atoms with Gasteiger partial charge in [-0.2, -0.15) is 0 Å². The lowest BCUT2D eigenvalue weighted by Gasteiger charge is -2.14. The zero-order chi connectivity index (χ0) is 19.7. The maximum Gasteiger partial charge on any atom is 0.338 e. The number of Topliss-reactive ketones (excluding diaryl/α,β-unsaturated/α-hetero) is 1. The first kappa shape index (κ1) is 17.7. The summed E-state index contributed by atoms with van der Waals surface area (Å²) in [5.41, 5.74) is 0.959. The topological polar surface area (TPSA) is 99.2 Å². The highest BCUT2D eigenvalue weighted by Gasteiger charge is 2.30. The van der Waals surface area contributed by atoms with E-state index in [4.69, 9.17) is 14.2 Å². The van der Waals surface area contributed by atoms with E-state index in [2.05, 4.69) is 0 Å². The fourth-order valence-electron chi connectivity index (χ4n) is 2.98. The SMILES string of the molecule is O=C(COC(=O)c1ccc(N2C(=O)CCC2=O)cc1)c1ccc2c(c1)OCO2. The Bertz CT molecular complexity index is 965. The fraction of sp³-hybridized carbons (Fsp3) is 0.200. The van der Waals surface area contributed by atoms with Gasteiger partial charge in [0.25, 0.3) is 0 Å². The number of esters is 1. The first-order chi connectivity index (χ1) is 13.5. The van der Waals surface area contributed by atoms with E-state index in [1.165, 1.54) is 30.3 Å². The molecule has 0 bridgehead atoms. The smallest absolute Gasteiger partial charge is 0.338 e. The molecule has 8 heteroatoms. The first-order valence-electron chi connectivity index (χ1n) is 8.59. The maximum atomic E-state index is 12.2. The number of imide groups is 1. The zero-order valence-corrected chi connectivity index (χ0v) is 14.7. The molecule has 0 N–H and O–H groups in total. The van der Waals surface area contributed by atoms with Crippen molar-refractivity contribution >= 4 is 29.3 Å². The summed E-state index contributed by atoms with van der Waals surface area (Å²) in [6, 6.07) is 10.6. The van der Waals surface area contributed by atoms with Gasteiger partial charge in [0, 0.05) is 18.4 Å². The Morgan fingerprint density at radius 3 is 2.25 bits per heavy atom. The predicted octanol–water partition coefficient (Wildman–Crippen LogP) is 2.11. The molecule has 142 valence electrons. The van der Waals surface area contributed by atoms with E-state index in [0.29, 0.717) is 22.7 Å². The van der Waals surface area contributed by atoms with Crippen LogP contribution in [0, 0.1) is 0 Å². The third-order valence-electron chi connectivity index (χ3n) is 4.44. The quantitative estimate of drug-likeness (QED) is 0.444. The minimum atomic E-state index is -0.681. The highest BCUT2D eigenvalue weighted by molar-refractivity contribution is 6.19. The molecule has 0 atom stereocenters. The highest BCUT2D eigenvalue weighted by atomic mass is 16.7. The van der Waals surface area contributed by atoms with Crippen molar-refractivity contribution in [3.63, 3.8) is 0 Å². The number of carbonyl (C=O) groups is 4. The standard InChI is InChI=1S/C20H15NO7/c22-15(13-3-6-16-17(9-13)28-11-27-16)10-26-20(25)12-1-4-14(5-2-12)21-18(23)7-8-19(21)24/h1-6,9H,7-8,10-11H2. The Morgan fingerprint density at radius 2 is 1.54 bits per heavy atom. The molecular weight excluding hydrogens is 366 g/mol. The zero-order valence-electron chi connectivity index (χ0n) is 14.7. The number of anilines is 1. The Hall–Kier alpha value is -3.68. The predicted molar refractivity (Wildman–Crippen MR) is 95.3 cm³/mol. The molecule has 0 aliphatic carbocycles. The second-order valence-electron chi connectivity index (χ2n) is 6.24. The van der Waals surface area contributed by atoms with Gasteiger partial charge in [-0.1, -0.05) is 0 Å². The molecule has 0 unspecified atom stereocenters. The van der Waals surface area contributed by atoms with Crippen LogP contribution in [0.15, 0.2) is 42.5 Å². The average Bonchev–Trinajstić information content (AvgIpc) is 3.31. The number of ketones is 1. The number of carbonyl (C=O) groups excluding carboxylic acids is 4. The van der Waals surface area contributed by atoms with Crippen LogP contribution in [0.5, 0.6) is 11.5 Å². The van der Waals surface area contributed by atoms with Gasteiger partial charge in [-0.25, -0.2) is 4.79 Å². The fourth-order valence-corrected chi connectivity index (χ4v) is 2.98. The van der Waals surface area contributed by atoms with Gasteiger partial charge < -0.3 is 14.2 Å². The molecule has 2 heterocycles. The molecule has 1 fully saturated rings. The number of rotatable bonds is 5. The second kappa shape index (κ2) is 7.15. The molecule has 1 saturated heterocycles. The Kier molecular flexibility index (Phi) is 4.52. The molecule has 2 aliphatic rings. The van der Waals surface area contributed by atoms with Gasteiger partial charge in [-0.3, -0.25) is 19.3 Å². The van der Waals surface area contributed by atoms with E-state index in [9.17, 15) is 19.2 Å². The van der Waals surface area contributed by atoms with Crippen molar-refractivity contribution in [3.8, 4) is 11.5 Å². The van der Waals surface area contributed by atoms with Crippen molar-refractivity contribution in [1.82, 2.24) is 0 Å². The largest absolute Gasteiger partial charge is 0.454 e. The van der Waals surface area contributed by atoms with Gasteiger partial charge in [0.1, 0.15) is 0 Å². The van der Waals surface area contributed by atoms with Crippen LogP contribution in [0.3, 0.4) is 0 Å². The first-order valence-corrected chi connectivity index (χ1v) is 8.59. The van der Waals surface area contributed by atoms with Gasteiger partial charge in [0.05, 0.1) is 11.3 Å². The molecule has 0 saturated carbocycles. The van der Waals surface area contributed by atoms with E-state index in [0.717, 1.165) is 4.90 Å². The number of benzene rings is 2.